The average molecular weight is 295 g/mol. The summed E-state index contributed by atoms with van der Waals surface area (Å²) in [5, 5.41) is 0. The summed E-state index contributed by atoms with van der Waals surface area (Å²) in [5.41, 5.74) is 2.91. The molecule has 0 atom stereocenters. The maximum atomic E-state index is 11.5. The molecule has 6 heteroatoms. The fourth-order valence-corrected chi connectivity index (χ4v) is 2.91. The minimum atomic E-state index is -3.16. The highest BCUT2D eigenvalue weighted by molar-refractivity contribution is 7.89. The van der Waals surface area contributed by atoms with E-state index >= 15 is 0 Å². The number of hydrogen-bond donors (Lipinski definition) is 1. The Bertz CT molecular complexity index is 717. The number of aryl methyl sites for hydroxylation is 1. The predicted molar refractivity (Wildman–Crippen MR) is 81.2 cm³/mol. The third-order valence-corrected chi connectivity index (χ3v) is 4.67. The van der Waals surface area contributed by atoms with E-state index < -0.39 is 10.0 Å². The van der Waals surface area contributed by atoms with Crippen LogP contribution in [0.1, 0.15) is 38.2 Å². The minimum Gasteiger partial charge on any atom is -0.326 e. The van der Waals surface area contributed by atoms with Gasteiger partial charge in [0.05, 0.1) is 16.8 Å². The van der Waals surface area contributed by atoms with E-state index in [1.54, 1.807) is 6.92 Å². The highest BCUT2D eigenvalue weighted by Crippen LogP contribution is 2.21. The molecule has 0 aliphatic rings. The second-order valence-corrected chi connectivity index (χ2v) is 7.27. The van der Waals surface area contributed by atoms with Crippen molar-refractivity contribution in [3.05, 3.63) is 29.6 Å². The SMILES string of the molecule is CCS(=O)(=O)NCc1ccc2c(c1)nc(C)n2C(C)C. The van der Waals surface area contributed by atoms with Crippen molar-refractivity contribution < 1.29 is 8.42 Å². The molecule has 0 unspecified atom stereocenters. The van der Waals surface area contributed by atoms with Gasteiger partial charge in [-0.25, -0.2) is 18.1 Å². The second-order valence-electron chi connectivity index (χ2n) is 5.17. The maximum Gasteiger partial charge on any atom is 0.211 e. The highest BCUT2D eigenvalue weighted by Gasteiger charge is 2.11. The van der Waals surface area contributed by atoms with Gasteiger partial charge in [0.1, 0.15) is 5.82 Å². The molecule has 0 fully saturated rings. The fourth-order valence-electron chi connectivity index (χ4n) is 2.32. The Morgan fingerprint density at radius 1 is 1.35 bits per heavy atom. The topological polar surface area (TPSA) is 64.0 Å². The number of benzene rings is 1. The van der Waals surface area contributed by atoms with Gasteiger partial charge in [0.2, 0.25) is 10.0 Å². The number of hydrogen-bond acceptors (Lipinski definition) is 3. The molecular formula is C14H21N3O2S. The first-order chi connectivity index (χ1) is 9.34. The van der Waals surface area contributed by atoms with E-state index in [-0.39, 0.29) is 5.75 Å². The van der Waals surface area contributed by atoms with E-state index in [4.69, 9.17) is 0 Å². The van der Waals surface area contributed by atoms with Crippen LogP contribution < -0.4 is 4.72 Å². The van der Waals surface area contributed by atoms with Crippen molar-refractivity contribution in [1.29, 1.82) is 0 Å². The first-order valence-electron chi connectivity index (χ1n) is 6.79. The zero-order valence-corrected chi connectivity index (χ0v) is 13.2. The predicted octanol–water partition coefficient (Wildman–Crippen LogP) is 2.36. The smallest absolute Gasteiger partial charge is 0.211 e. The van der Waals surface area contributed by atoms with Gasteiger partial charge in [0, 0.05) is 12.6 Å². The molecular weight excluding hydrogens is 274 g/mol. The number of imidazole rings is 1. The van der Waals surface area contributed by atoms with Crippen LogP contribution in [0.25, 0.3) is 11.0 Å². The van der Waals surface area contributed by atoms with Gasteiger partial charge in [-0.05, 0) is 45.4 Å². The Morgan fingerprint density at radius 3 is 2.65 bits per heavy atom. The molecule has 20 heavy (non-hydrogen) atoms. The normalized spacial score (nSPS) is 12.4. The van der Waals surface area contributed by atoms with Crippen LogP contribution in [0, 0.1) is 6.92 Å². The lowest BCUT2D eigenvalue weighted by atomic mass is 10.2. The molecule has 1 N–H and O–H groups in total. The number of nitrogens with one attached hydrogen (secondary N) is 1. The molecule has 0 saturated carbocycles. The Hall–Kier alpha value is -1.40. The van der Waals surface area contributed by atoms with E-state index in [1.807, 2.05) is 25.1 Å². The lowest BCUT2D eigenvalue weighted by Gasteiger charge is -2.11. The van der Waals surface area contributed by atoms with Crippen molar-refractivity contribution >= 4 is 21.1 Å². The number of rotatable bonds is 5. The number of fused-ring (bicyclic) bond motifs is 1. The first kappa shape index (κ1) is 15.0. The van der Waals surface area contributed by atoms with Gasteiger partial charge in [-0.2, -0.15) is 0 Å². The van der Waals surface area contributed by atoms with Crippen LogP contribution >= 0.6 is 0 Å². The number of nitrogens with zero attached hydrogens (tertiary/aromatic N) is 2. The largest absolute Gasteiger partial charge is 0.326 e. The Kier molecular flexibility index (Phi) is 4.15. The monoisotopic (exact) mass is 295 g/mol. The molecule has 0 radical (unpaired) electrons. The summed E-state index contributed by atoms with van der Waals surface area (Å²) in [4.78, 5) is 4.55. The van der Waals surface area contributed by atoms with E-state index in [1.165, 1.54) is 0 Å². The summed E-state index contributed by atoms with van der Waals surface area (Å²) >= 11 is 0. The molecule has 1 aromatic heterocycles. The average Bonchev–Trinajstić information content (AvgIpc) is 2.71. The van der Waals surface area contributed by atoms with Crippen molar-refractivity contribution in [2.45, 2.75) is 40.3 Å². The van der Waals surface area contributed by atoms with Crippen molar-refractivity contribution in [3.63, 3.8) is 0 Å². The molecule has 1 heterocycles. The Balaban J connectivity index is 2.31. The summed E-state index contributed by atoms with van der Waals surface area (Å²) < 4.78 is 27.7. The lowest BCUT2D eigenvalue weighted by molar-refractivity contribution is 0.582. The summed E-state index contributed by atoms with van der Waals surface area (Å²) in [6.07, 6.45) is 0. The quantitative estimate of drug-likeness (QED) is 0.921. The zero-order valence-electron chi connectivity index (χ0n) is 12.3. The third kappa shape index (κ3) is 3.02. The highest BCUT2D eigenvalue weighted by atomic mass is 32.2. The van der Waals surface area contributed by atoms with E-state index in [9.17, 15) is 8.42 Å². The van der Waals surface area contributed by atoms with Crippen molar-refractivity contribution in [2.75, 3.05) is 5.75 Å². The van der Waals surface area contributed by atoms with Crippen molar-refractivity contribution in [1.82, 2.24) is 14.3 Å². The summed E-state index contributed by atoms with van der Waals surface area (Å²) in [7, 11) is -3.16. The first-order valence-corrected chi connectivity index (χ1v) is 8.44. The fraction of sp³-hybridized carbons (Fsp3) is 0.500. The maximum absolute atomic E-state index is 11.5. The molecule has 1 aromatic carbocycles. The summed E-state index contributed by atoms with van der Waals surface area (Å²) in [6, 6.07) is 6.25. The molecule has 110 valence electrons. The van der Waals surface area contributed by atoms with E-state index in [0.29, 0.717) is 12.6 Å². The van der Waals surface area contributed by atoms with Gasteiger partial charge in [-0.15, -0.1) is 0 Å². The van der Waals surface area contributed by atoms with Crippen molar-refractivity contribution in [2.24, 2.45) is 0 Å². The van der Waals surface area contributed by atoms with Crippen LogP contribution in [0.3, 0.4) is 0 Å². The Morgan fingerprint density at radius 2 is 2.05 bits per heavy atom. The van der Waals surface area contributed by atoms with Gasteiger partial charge in [0.15, 0.2) is 0 Å². The number of sulfonamides is 1. The molecule has 2 rings (SSSR count). The molecule has 5 nitrogen and oxygen atoms in total. The molecule has 0 bridgehead atoms. The van der Waals surface area contributed by atoms with Gasteiger partial charge in [-0.3, -0.25) is 0 Å². The molecule has 0 spiro atoms. The molecule has 0 saturated heterocycles. The number of aromatic nitrogens is 2. The van der Waals surface area contributed by atoms with Crippen LogP contribution in [0.4, 0.5) is 0 Å². The second kappa shape index (κ2) is 5.54. The molecule has 0 amide bonds. The minimum absolute atomic E-state index is 0.0936. The van der Waals surface area contributed by atoms with Gasteiger partial charge in [-0.1, -0.05) is 6.07 Å². The van der Waals surface area contributed by atoms with Crippen LogP contribution in [0.2, 0.25) is 0 Å². The van der Waals surface area contributed by atoms with Crippen molar-refractivity contribution in [3.8, 4) is 0 Å². The van der Waals surface area contributed by atoms with E-state index in [2.05, 4.69) is 28.1 Å². The lowest BCUT2D eigenvalue weighted by Crippen LogP contribution is -2.24. The molecule has 0 aliphatic heterocycles. The Labute approximate surface area is 120 Å². The van der Waals surface area contributed by atoms with Gasteiger partial charge >= 0.3 is 0 Å². The van der Waals surface area contributed by atoms with E-state index in [0.717, 1.165) is 22.4 Å². The zero-order chi connectivity index (χ0) is 14.9. The van der Waals surface area contributed by atoms with Crippen LogP contribution in [0.15, 0.2) is 18.2 Å². The summed E-state index contributed by atoms with van der Waals surface area (Å²) in [5.74, 6) is 1.07. The summed E-state index contributed by atoms with van der Waals surface area (Å²) in [6.45, 7) is 8.16. The van der Waals surface area contributed by atoms with Crippen LogP contribution in [-0.2, 0) is 16.6 Å². The standard InChI is InChI=1S/C14H21N3O2S/c1-5-20(18,19)15-9-12-6-7-14-13(8-12)16-11(4)17(14)10(2)3/h6-8,10,15H,5,9H2,1-4H3. The molecule has 0 aliphatic carbocycles. The van der Waals surface area contributed by atoms with Gasteiger partial charge < -0.3 is 4.57 Å². The van der Waals surface area contributed by atoms with Crippen LogP contribution in [0.5, 0.6) is 0 Å². The van der Waals surface area contributed by atoms with Gasteiger partial charge in [0.25, 0.3) is 0 Å². The molecule has 2 aromatic rings. The third-order valence-electron chi connectivity index (χ3n) is 3.32. The van der Waals surface area contributed by atoms with Crippen LogP contribution in [-0.4, -0.2) is 23.7 Å².